The van der Waals surface area contributed by atoms with E-state index < -0.39 is 44.8 Å². The molecule has 0 unspecified atom stereocenters. The van der Waals surface area contributed by atoms with Crippen molar-refractivity contribution in [2.75, 3.05) is 13.2 Å². The molecule has 106 valence electrons. The number of benzene rings is 1. The summed E-state index contributed by atoms with van der Waals surface area (Å²) in [4.78, 5) is 9.33. The van der Waals surface area contributed by atoms with Gasteiger partial charge in [-0.25, -0.2) is 13.1 Å². The van der Waals surface area contributed by atoms with Gasteiger partial charge in [-0.15, -0.1) is 0 Å². The van der Waals surface area contributed by atoms with Crippen molar-refractivity contribution in [3.05, 3.63) is 33.3 Å². The van der Waals surface area contributed by atoms with Gasteiger partial charge in [-0.3, -0.25) is 10.1 Å². The summed E-state index contributed by atoms with van der Waals surface area (Å²) in [7, 11) is -4.25. The van der Waals surface area contributed by atoms with Gasteiger partial charge in [0.1, 0.15) is 0 Å². The number of hydrogen-bond donors (Lipinski definition) is 3. The van der Waals surface area contributed by atoms with Crippen LogP contribution in [0.3, 0.4) is 0 Å². The predicted octanol–water partition coefficient (Wildman–Crippen LogP) is -0.120. The van der Waals surface area contributed by atoms with Crippen molar-refractivity contribution in [2.24, 2.45) is 0 Å². The molecule has 1 aromatic rings. The molecule has 0 spiro atoms. The van der Waals surface area contributed by atoms with Crippen molar-refractivity contribution in [1.29, 1.82) is 0 Å². The lowest BCUT2D eigenvalue weighted by Crippen LogP contribution is -2.40. The Kier molecular flexibility index (Phi) is 5.20. The van der Waals surface area contributed by atoms with Crippen LogP contribution in [0.4, 0.5) is 5.69 Å². The van der Waals surface area contributed by atoms with E-state index in [2.05, 4.69) is 0 Å². The van der Waals surface area contributed by atoms with Crippen LogP contribution < -0.4 is 4.72 Å². The van der Waals surface area contributed by atoms with E-state index in [4.69, 9.17) is 21.8 Å². The summed E-state index contributed by atoms with van der Waals surface area (Å²) in [6.07, 6.45) is 0. The zero-order valence-corrected chi connectivity index (χ0v) is 11.1. The molecule has 0 aliphatic carbocycles. The van der Waals surface area contributed by atoms with E-state index in [0.717, 1.165) is 12.1 Å². The molecular weight excluding hydrogens is 300 g/mol. The van der Waals surface area contributed by atoms with E-state index >= 15 is 0 Å². The minimum atomic E-state index is -4.25. The Morgan fingerprint density at radius 1 is 1.37 bits per heavy atom. The summed E-state index contributed by atoms with van der Waals surface area (Å²) in [5.41, 5.74) is -0.686. The molecule has 0 radical (unpaired) electrons. The quantitative estimate of drug-likeness (QED) is 0.496. The van der Waals surface area contributed by atoms with Gasteiger partial charge in [0.2, 0.25) is 10.0 Å². The molecule has 8 nitrogen and oxygen atoms in total. The van der Waals surface area contributed by atoms with Gasteiger partial charge in [-0.2, -0.15) is 0 Å². The summed E-state index contributed by atoms with van der Waals surface area (Å²) in [6, 6.07) is 1.94. The molecule has 0 saturated heterocycles. The van der Waals surface area contributed by atoms with E-state index in [1.165, 1.54) is 6.07 Å². The number of aliphatic hydroxyl groups excluding tert-OH is 2. The Balaban J connectivity index is 3.25. The lowest BCUT2D eigenvalue weighted by molar-refractivity contribution is -0.387. The van der Waals surface area contributed by atoms with Crippen molar-refractivity contribution >= 4 is 27.3 Å². The molecular formula is C9H11ClN2O6S. The van der Waals surface area contributed by atoms with Crippen LogP contribution in [0.25, 0.3) is 0 Å². The smallest absolute Gasteiger partial charge is 0.290 e. The van der Waals surface area contributed by atoms with E-state index in [1.54, 1.807) is 0 Å². The Morgan fingerprint density at radius 2 is 1.95 bits per heavy atom. The minimum Gasteiger partial charge on any atom is -0.395 e. The summed E-state index contributed by atoms with van der Waals surface area (Å²) in [5, 5.41) is 28.5. The molecule has 0 atom stereocenters. The molecule has 19 heavy (non-hydrogen) atoms. The average Bonchev–Trinajstić information content (AvgIpc) is 2.35. The van der Waals surface area contributed by atoms with E-state index in [1.807, 2.05) is 4.72 Å². The first-order valence-electron chi connectivity index (χ1n) is 4.99. The van der Waals surface area contributed by atoms with Gasteiger partial charge in [0.15, 0.2) is 4.90 Å². The SMILES string of the molecule is O=[N+]([O-])c1cc(Cl)ccc1S(=O)(=O)NC(CO)CO. The monoisotopic (exact) mass is 310 g/mol. The first-order valence-corrected chi connectivity index (χ1v) is 6.86. The minimum absolute atomic E-state index is 0.0199. The van der Waals surface area contributed by atoms with Crippen molar-refractivity contribution in [1.82, 2.24) is 4.72 Å². The molecule has 1 aromatic carbocycles. The average molecular weight is 311 g/mol. The molecule has 10 heteroatoms. The fourth-order valence-electron chi connectivity index (χ4n) is 1.28. The Bertz CT molecular complexity index is 572. The van der Waals surface area contributed by atoms with Crippen LogP contribution in [0, 0.1) is 10.1 Å². The second kappa shape index (κ2) is 6.26. The number of nitrogens with one attached hydrogen (secondary N) is 1. The van der Waals surface area contributed by atoms with Gasteiger partial charge in [-0.05, 0) is 12.1 Å². The number of nitro groups is 1. The largest absolute Gasteiger partial charge is 0.395 e. The second-order valence-electron chi connectivity index (χ2n) is 3.55. The topological polar surface area (TPSA) is 130 Å². The number of nitro benzene ring substituents is 1. The molecule has 0 fully saturated rings. The zero-order chi connectivity index (χ0) is 14.6. The maximum atomic E-state index is 11.9. The fraction of sp³-hybridized carbons (Fsp3) is 0.333. The lowest BCUT2D eigenvalue weighted by atomic mass is 10.3. The van der Waals surface area contributed by atoms with Gasteiger partial charge in [-0.1, -0.05) is 11.6 Å². The van der Waals surface area contributed by atoms with Gasteiger partial charge in [0.05, 0.1) is 24.2 Å². The molecule has 0 bridgehead atoms. The maximum absolute atomic E-state index is 11.9. The highest BCUT2D eigenvalue weighted by Gasteiger charge is 2.28. The van der Waals surface area contributed by atoms with Crippen LogP contribution in [-0.2, 0) is 10.0 Å². The summed E-state index contributed by atoms with van der Waals surface area (Å²) in [5.74, 6) is 0. The van der Waals surface area contributed by atoms with E-state index in [9.17, 15) is 18.5 Å². The number of halogens is 1. The van der Waals surface area contributed by atoms with Gasteiger partial charge in [0.25, 0.3) is 5.69 Å². The summed E-state index contributed by atoms with van der Waals surface area (Å²) < 4.78 is 25.8. The van der Waals surface area contributed by atoms with Crippen molar-refractivity contribution in [3.63, 3.8) is 0 Å². The summed E-state index contributed by atoms with van der Waals surface area (Å²) in [6.45, 7) is -1.28. The molecule has 1 rings (SSSR count). The first kappa shape index (κ1) is 15.8. The number of rotatable bonds is 6. The van der Waals surface area contributed by atoms with Crippen LogP contribution in [-0.4, -0.2) is 42.8 Å². The second-order valence-corrected chi connectivity index (χ2v) is 5.67. The highest BCUT2D eigenvalue weighted by Crippen LogP contribution is 2.27. The van der Waals surface area contributed by atoms with Gasteiger partial charge in [0, 0.05) is 11.1 Å². The normalized spacial score (nSPS) is 11.8. The fourth-order valence-corrected chi connectivity index (χ4v) is 2.81. The number of sulfonamides is 1. The Morgan fingerprint density at radius 3 is 2.42 bits per heavy atom. The molecule has 0 heterocycles. The van der Waals surface area contributed by atoms with Crippen molar-refractivity contribution < 1.29 is 23.6 Å². The van der Waals surface area contributed by atoms with Crippen LogP contribution in [0.1, 0.15) is 0 Å². The number of hydrogen-bond acceptors (Lipinski definition) is 6. The van der Waals surface area contributed by atoms with Crippen LogP contribution in [0.2, 0.25) is 5.02 Å². The van der Waals surface area contributed by atoms with Gasteiger partial charge >= 0.3 is 0 Å². The van der Waals surface area contributed by atoms with Crippen molar-refractivity contribution in [3.8, 4) is 0 Å². The third-order valence-electron chi connectivity index (χ3n) is 2.17. The predicted molar refractivity (Wildman–Crippen MR) is 66.4 cm³/mol. The zero-order valence-electron chi connectivity index (χ0n) is 9.48. The molecule has 0 amide bonds. The van der Waals surface area contributed by atoms with Crippen LogP contribution in [0.15, 0.2) is 23.1 Å². The molecule has 0 aromatic heterocycles. The number of aliphatic hydroxyl groups is 2. The highest BCUT2D eigenvalue weighted by atomic mass is 35.5. The van der Waals surface area contributed by atoms with Crippen LogP contribution >= 0.6 is 11.6 Å². The summed E-state index contributed by atoms with van der Waals surface area (Å²) >= 11 is 5.57. The molecule has 0 aliphatic rings. The Hall–Kier alpha value is -1.26. The highest BCUT2D eigenvalue weighted by molar-refractivity contribution is 7.89. The molecule has 0 saturated carbocycles. The standard InChI is InChI=1S/C9H11ClN2O6S/c10-6-1-2-9(8(3-6)12(15)16)19(17,18)11-7(4-13)5-14/h1-3,7,11,13-14H,4-5H2. The molecule has 3 N–H and O–H groups in total. The maximum Gasteiger partial charge on any atom is 0.290 e. The lowest BCUT2D eigenvalue weighted by Gasteiger charge is -2.13. The third-order valence-corrected chi connectivity index (χ3v) is 3.97. The third kappa shape index (κ3) is 3.85. The first-order chi connectivity index (χ1) is 8.81. The van der Waals surface area contributed by atoms with E-state index in [0.29, 0.717) is 0 Å². The van der Waals surface area contributed by atoms with Gasteiger partial charge < -0.3 is 10.2 Å². The van der Waals surface area contributed by atoms with Crippen LogP contribution in [0.5, 0.6) is 0 Å². The van der Waals surface area contributed by atoms with Crippen molar-refractivity contribution in [2.45, 2.75) is 10.9 Å². The van der Waals surface area contributed by atoms with E-state index in [-0.39, 0.29) is 5.02 Å². The molecule has 0 aliphatic heterocycles. The Labute approximate surface area is 113 Å². The number of nitrogens with zero attached hydrogens (tertiary/aromatic N) is 1.